The van der Waals surface area contributed by atoms with Gasteiger partial charge in [-0.15, -0.1) is 0 Å². The molecule has 4 nitrogen and oxygen atoms in total. The van der Waals surface area contributed by atoms with Gasteiger partial charge in [-0.1, -0.05) is 6.07 Å². The molecular formula is C15H25N3O. The number of nitrogens with zero attached hydrogens (tertiary/aromatic N) is 2. The highest BCUT2D eigenvalue weighted by atomic mass is 16.5. The van der Waals surface area contributed by atoms with Crippen molar-refractivity contribution >= 4 is 5.69 Å². The number of benzene rings is 1. The molecule has 0 aromatic heterocycles. The van der Waals surface area contributed by atoms with Crippen molar-refractivity contribution in [3.63, 3.8) is 0 Å². The zero-order chi connectivity index (χ0) is 13.7. The van der Waals surface area contributed by atoms with Crippen molar-refractivity contribution in [2.24, 2.45) is 5.73 Å². The van der Waals surface area contributed by atoms with Gasteiger partial charge in [-0.25, -0.2) is 0 Å². The van der Waals surface area contributed by atoms with E-state index in [9.17, 15) is 0 Å². The Hall–Kier alpha value is -1.26. The van der Waals surface area contributed by atoms with Gasteiger partial charge in [0.15, 0.2) is 0 Å². The van der Waals surface area contributed by atoms with E-state index < -0.39 is 0 Å². The molecule has 1 atom stereocenters. The van der Waals surface area contributed by atoms with Crippen LogP contribution in [0, 0.1) is 0 Å². The number of rotatable bonds is 4. The summed E-state index contributed by atoms with van der Waals surface area (Å²) in [5, 5.41) is 0. The van der Waals surface area contributed by atoms with Gasteiger partial charge in [-0.05, 0) is 45.1 Å². The first-order valence-electron chi connectivity index (χ1n) is 7.04. The van der Waals surface area contributed by atoms with Gasteiger partial charge in [0.05, 0.1) is 7.11 Å². The summed E-state index contributed by atoms with van der Waals surface area (Å²) >= 11 is 0. The molecule has 1 aromatic carbocycles. The lowest BCUT2D eigenvalue weighted by atomic mass is 10.1. The summed E-state index contributed by atoms with van der Waals surface area (Å²) in [6.45, 7) is 4.03. The predicted molar refractivity (Wildman–Crippen MR) is 79.9 cm³/mol. The van der Waals surface area contributed by atoms with Crippen LogP contribution < -0.4 is 15.4 Å². The van der Waals surface area contributed by atoms with Crippen LogP contribution in [0.15, 0.2) is 24.3 Å². The molecule has 0 bridgehead atoms. The molecule has 106 valence electrons. The number of hydrogen-bond donors (Lipinski definition) is 1. The van der Waals surface area contributed by atoms with Crippen LogP contribution in [-0.4, -0.2) is 51.3 Å². The molecule has 2 N–H and O–H groups in total. The van der Waals surface area contributed by atoms with Crippen molar-refractivity contribution in [3.05, 3.63) is 24.3 Å². The fourth-order valence-electron chi connectivity index (χ4n) is 2.72. The van der Waals surface area contributed by atoms with Crippen LogP contribution in [0.4, 0.5) is 5.69 Å². The van der Waals surface area contributed by atoms with Crippen LogP contribution in [0.2, 0.25) is 0 Å². The van der Waals surface area contributed by atoms with E-state index in [0.717, 1.165) is 38.3 Å². The second kappa shape index (κ2) is 6.78. The van der Waals surface area contributed by atoms with Crippen molar-refractivity contribution in [2.75, 3.05) is 45.2 Å². The Balaban J connectivity index is 2.13. The Labute approximate surface area is 116 Å². The Morgan fingerprint density at radius 3 is 2.95 bits per heavy atom. The Kier molecular flexibility index (Phi) is 5.05. The largest absolute Gasteiger partial charge is 0.497 e. The third-order valence-electron chi connectivity index (χ3n) is 3.91. The minimum Gasteiger partial charge on any atom is -0.497 e. The topological polar surface area (TPSA) is 41.7 Å². The smallest absolute Gasteiger partial charge is 0.120 e. The maximum Gasteiger partial charge on any atom is 0.120 e. The lowest BCUT2D eigenvalue weighted by Crippen LogP contribution is -2.40. The van der Waals surface area contributed by atoms with Crippen LogP contribution in [0.3, 0.4) is 0 Å². The predicted octanol–water partition coefficient (Wildman–Crippen LogP) is 1.55. The van der Waals surface area contributed by atoms with Crippen LogP contribution in [0.5, 0.6) is 5.75 Å². The first-order chi connectivity index (χ1) is 9.24. The van der Waals surface area contributed by atoms with E-state index in [4.69, 9.17) is 10.5 Å². The van der Waals surface area contributed by atoms with E-state index >= 15 is 0 Å². The van der Waals surface area contributed by atoms with Gasteiger partial charge < -0.3 is 20.3 Å². The van der Waals surface area contributed by atoms with E-state index in [1.807, 2.05) is 6.07 Å². The van der Waals surface area contributed by atoms with Gasteiger partial charge >= 0.3 is 0 Å². The number of ether oxygens (including phenoxy) is 1. The van der Waals surface area contributed by atoms with Crippen molar-refractivity contribution in [2.45, 2.75) is 18.9 Å². The minimum absolute atomic E-state index is 0.540. The van der Waals surface area contributed by atoms with E-state index in [2.05, 4.69) is 35.0 Å². The summed E-state index contributed by atoms with van der Waals surface area (Å²) in [7, 11) is 3.92. The van der Waals surface area contributed by atoms with Crippen molar-refractivity contribution in [3.8, 4) is 5.75 Å². The first-order valence-corrected chi connectivity index (χ1v) is 7.04. The minimum atomic E-state index is 0.540. The molecule has 0 spiro atoms. The zero-order valence-corrected chi connectivity index (χ0v) is 12.0. The molecular weight excluding hydrogens is 238 g/mol. The fourth-order valence-corrected chi connectivity index (χ4v) is 2.72. The second-order valence-electron chi connectivity index (χ2n) is 5.21. The van der Waals surface area contributed by atoms with Gasteiger partial charge in [0, 0.05) is 30.9 Å². The van der Waals surface area contributed by atoms with E-state index in [0.29, 0.717) is 6.04 Å². The van der Waals surface area contributed by atoms with E-state index in [1.165, 1.54) is 12.1 Å². The summed E-state index contributed by atoms with van der Waals surface area (Å²) in [6.07, 6.45) is 2.24. The molecule has 2 rings (SSSR count). The summed E-state index contributed by atoms with van der Waals surface area (Å²) in [5.41, 5.74) is 6.98. The van der Waals surface area contributed by atoms with Gasteiger partial charge in [0.25, 0.3) is 0 Å². The first kappa shape index (κ1) is 14.2. The number of likely N-dealkylation sites (N-methyl/N-ethyl adjacent to an activating group) is 1. The number of hydrogen-bond acceptors (Lipinski definition) is 4. The lowest BCUT2D eigenvalue weighted by molar-refractivity contribution is 0.251. The Morgan fingerprint density at radius 2 is 2.21 bits per heavy atom. The van der Waals surface area contributed by atoms with Gasteiger partial charge in [0.1, 0.15) is 5.75 Å². The molecule has 1 aliphatic heterocycles. The Bertz CT molecular complexity index is 397. The molecule has 0 radical (unpaired) electrons. The zero-order valence-electron chi connectivity index (χ0n) is 12.0. The summed E-state index contributed by atoms with van der Waals surface area (Å²) in [6, 6.07) is 8.86. The number of anilines is 1. The molecule has 4 heteroatoms. The van der Waals surface area contributed by atoms with Crippen molar-refractivity contribution in [1.29, 1.82) is 0 Å². The summed E-state index contributed by atoms with van der Waals surface area (Å²) in [4.78, 5) is 4.89. The summed E-state index contributed by atoms with van der Waals surface area (Å²) < 4.78 is 5.32. The maximum atomic E-state index is 5.74. The van der Waals surface area contributed by atoms with Gasteiger partial charge in [0.2, 0.25) is 0 Å². The SMILES string of the molecule is COc1cccc(N2CCCN(C)C(CCN)C2)c1. The highest BCUT2D eigenvalue weighted by Crippen LogP contribution is 2.23. The average Bonchev–Trinajstić information content (AvgIpc) is 2.62. The number of nitrogens with two attached hydrogens (primary N) is 1. The second-order valence-corrected chi connectivity index (χ2v) is 5.21. The summed E-state index contributed by atoms with van der Waals surface area (Å²) in [5.74, 6) is 0.922. The molecule has 1 aliphatic rings. The maximum absolute atomic E-state index is 5.74. The molecule has 1 saturated heterocycles. The van der Waals surface area contributed by atoms with Crippen molar-refractivity contribution < 1.29 is 4.74 Å². The molecule has 1 heterocycles. The highest BCUT2D eigenvalue weighted by molar-refractivity contribution is 5.51. The number of methoxy groups -OCH3 is 1. The fraction of sp³-hybridized carbons (Fsp3) is 0.600. The molecule has 1 aromatic rings. The van der Waals surface area contributed by atoms with Gasteiger partial charge in [-0.3, -0.25) is 0 Å². The molecule has 0 amide bonds. The molecule has 1 unspecified atom stereocenters. The Morgan fingerprint density at radius 1 is 1.37 bits per heavy atom. The average molecular weight is 263 g/mol. The van der Waals surface area contributed by atoms with Crippen LogP contribution in [-0.2, 0) is 0 Å². The van der Waals surface area contributed by atoms with Crippen molar-refractivity contribution in [1.82, 2.24) is 4.90 Å². The van der Waals surface area contributed by atoms with Crippen LogP contribution >= 0.6 is 0 Å². The molecule has 0 saturated carbocycles. The lowest BCUT2D eigenvalue weighted by Gasteiger charge is -2.30. The van der Waals surface area contributed by atoms with E-state index in [-0.39, 0.29) is 0 Å². The standard InChI is InChI=1S/C15H25N3O/c1-17-9-4-10-18(12-14(17)7-8-16)13-5-3-6-15(11-13)19-2/h3,5-6,11,14H,4,7-10,12,16H2,1-2H3. The normalized spacial score (nSPS) is 21.2. The highest BCUT2D eigenvalue weighted by Gasteiger charge is 2.22. The molecule has 19 heavy (non-hydrogen) atoms. The monoisotopic (exact) mass is 263 g/mol. The van der Waals surface area contributed by atoms with Crippen LogP contribution in [0.1, 0.15) is 12.8 Å². The molecule has 0 aliphatic carbocycles. The third-order valence-corrected chi connectivity index (χ3v) is 3.91. The van der Waals surface area contributed by atoms with E-state index in [1.54, 1.807) is 7.11 Å². The van der Waals surface area contributed by atoms with Gasteiger partial charge in [-0.2, -0.15) is 0 Å². The van der Waals surface area contributed by atoms with Crippen LogP contribution in [0.25, 0.3) is 0 Å². The third kappa shape index (κ3) is 3.61. The quantitative estimate of drug-likeness (QED) is 0.895. The molecule has 1 fully saturated rings.